The maximum atomic E-state index is 4.75. The molecule has 76 valence electrons. The second-order valence-corrected chi connectivity index (χ2v) is 4.31. The van der Waals surface area contributed by atoms with Gasteiger partial charge in [-0.05, 0) is 25.7 Å². The molecule has 0 spiro atoms. The van der Waals surface area contributed by atoms with E-state index < -0.39 is 0 Å². The Labute approximate surface area is 84.5 Å². The predicted molar refractivity (Wildman–Crippen MR) is 55.2 cm³/mol. The summed E-state index contributed by atoms with van der Waals surface area (Å²) in [4.78, 5) is 4.75. The monoisotopic (exact) mass is 191 g/mol. The molecule has 1 aromatic rings. The van der Waals surface area contributed by atoms with Gasteiger partial charge in [0, 0.05) is 18.8 Å². The van der Waals surface area contributed by atoms with Crippen molar-refractivity contribution >= 4 is 0 Å². The van der Waals surface area contributed by atoms with E-state index in [0.717, 1.165) is 19.6 Å². The molecule has 2 heterocycles. The number of imidazole rings is 1. The first-order chi connectivity index (χ1) is 6.95. The summed E-state index contributed by atoms with van der Waals surface area (Å²) in [6.07, 6.45) is 6.52. The molecule has 0 fully saturated rings. The number of rotatable bonds is 0. The van der Waals surface area contributed by atoms with Crippen LogP contribution in [0.3, 0.4) is 0 Å². The number of aromatic nitrogens is 2. The molecule has 0 bridgehead atoms. The summed E-state index contributed by atoms with van der Waals surface area (Å²) < 4.78 is 2.46. The number of hydrogen-bond donors (Lipinski definition) is 1. The van der Waals surface area contributed by atoms with Crippen molar-refractivity contribution in [1.29, 1.82) is 0 Å². The Balaban J connectivity index is 2.04. The van der Waals surface area contributed by atoms with E-state index in [2.05, 4.69) is 9.88 Å². The molecule has 1 aromatic heterocycles. The van der Waals surface area contributed by atoms with Crippen LogP contribution in [0.4, 0.5) is 0 Å². The molecule has 2 aliphatic rings. The number of fused-ring (bicyclic) bond motifs is 3. The van der Waals surface area contributed by atoms with E-state index in [-0.39, 0.29) is 0 Å². The molecule has 0 amide bonds. The molecular weight excluding hydrogens is 174 g/mol. The Hall–Kier alpha value is -0.830. The van der Waals surface area contributed by atoms with Gasteiger partial charge in [0.1, 0.15) is 5.82 Å². The van der Waals surface area contributed by atoms with Gasteiger partial charge in [0.2, 0.25) is 0 Å². The van der Waals surface area contributed by atoms with Crippen LogP contribution >= 0.6 is 0 Å². The molecule has 0 unspecified atom stereocenters. The Morgan fingerprint density at radius 2 is 2.07 bits per heavy atom. The molecular formula is C11H17N3. The van der Waals surface area contributed by atoms with Crippen molar-refractivity contribution in [2.75, 3.05) is 6.54 Å². The van der Waals surface area contributed by atoms with Gasteiger partial charge in [-0.1, -0.05) is 6.42 Å². The predicted octanol–water partition coefficient (Wildman–Crippen LogP) is 1.26. The van der Waals surface area contributed by atoms with Crippen molar-refractivity contribution in [3.8, 4) is 0 Å². The fraction of sp³-hybridized carbons (Fsp3) is 0.727. The van der Waals surface area contributed by atoms with E-state index in [4.69, 9.17) is 4.98 Å². The maximum Gasteiger partial charge on any atom is 0.123 e. The van der Waals surface area contributed by atoms with Crippen LogP contribution in [-0.2, 0) is 25.9 Å². The van der Waals surface area contributed by atoms with Crippen LogP contribution in [0.25, 0.3) is 0 Å². The van der Waals surface area contributed by atoms with Crippen molar-refractivity contribution in [2.45, 2.75) is 45.2 Å². The van der Waals surface area contributed by atoms with Crippen molar-refractivity contribution in [1.82, 2.24) is 14.9 Å². The number of aryl methyl sites for hydroxylation is 1. The highest BCUT2D eigenvalue weighted by atomic mass is 15.2. The van der Waals surface area contributed by atoms with E-state index in [0.29, 0.717) is 0 Å². The quantitative estimate of drug-likeness (QED) is 0.626. The SMILES string of the molecule is C1CCc2nc3n(c2CC1)CCNC3. The van der Waals surface area contributed by atoms with Crippen LogP contribution in [0.2, 0.25) is 0 Å². The minimum atomic E-state index is 0.965. The van der Waals surface area contributed by atoms with Gasteiger partial charge >= 0.3 is 0 Å². The van der Waals surface area contributed by atoms with Crippen LogP contribution in [0.15, 0.2) is 0 Å². The third kappa shape index (κ3) is 1.27. The minimum absolute atomic E-state index is 0.965. The van der Waals surface area contributed by atoms with Gasteiger partial charge in [0.25, 0.3) is 0 Å². The average Bonchev–Trinajstić information content (AvgIpc) is 2.42. The minimum Gasteiger partial charge on any atom is -0.329 e. The van der Waals surface area contributed by atoms with Crippen LogP contribution in [0.5, 0.6) is 0 Å². The number of nitrogens with zero attached hydrogens (tertiary/aromatic N) is 2. The summed E-state index contributed by atoms with van der Waals surface area (Å²) >= 11 is 0. The van der Waals surface area contributed by atoms with E-state index in [1.807, 2.05) is 0 Å². The molecule has 0 atom stereocenters. The lowest BCUT2D eigenvalue weighted by molar-refractivity contribution is 0.491. The molecule has 0 saturated carbocycles. The lowest BCUT2D eigenvalue weighted by Gasteiger charge is -2.17. The molecule has 1 N–H and O–H groups in total. The molecule has 0 saturated heterocycles. The van der Waals surface area contributed by atoms with Gasteiger partial charge in [0.15, 0.2) is 0 Å². The van der Waals surface area contributed by atoms with Gasteiger partial charge in [-0.25, -0.2) is 4.98 Å². The standard InChI is InChI=1S/C11H17N3/c1-2-4-9-10(5-3-1)14-7-6-12-8-11(14)13-9/h12H,1-8H2. The van der Waals surface area contributed by atoms with E-state index in [1.165, 1.54) is 43.6 Å². The number of nitrogens with one attached hydrogen (secondary N) is 1. The normalized spacial score (nSPS) is 21.1. The van der Waals surface area contributed by atoms with Gasteiger partial charge < -0.3 is 9.88 Å². The zero-order valence-electron chi connectivity index (χ0n) is 8.55. The van der Waals surface area contributed by atoms with Gasteiger partial charge in [-0.3, -0.25) is 0 Å². The van der Waals surface area contributed by atoms with Gasteiger partial charge in [-0.15, -0.1) is 0 Å². The highest BCUT2D eigenvalue weighted by molar-refractivity contribution is 5.20. The summed E-state index contributed by atoms with van der Waals surface area (Å²) in [5, 5.41) is 3.38. The van der Waals surface area contributed by atoms with E-state index in [9.17, 15) is 0 Å². The highest BCUT2D eigenvalue weighted by Gasteiger charge is 2.20. The fourth-order valence-corrected chi connectivity index (χ4v) is 2.62. The van der Waals surface area contributed by atoms with Crippen molar-refractivity contribution < 1.29 is 0 Å². The fourth-order valence-electron chi connectivity index (χ4n) is 2.62. The Morgan fingerprint density at radius 1 is 1.14 bits per heavy atom. The molecule has 0 aromatic carbocycles. The maximum absolute atomic E-state index is 4.75. The lowest BCUT2D eigenvalue weighted by atomic mass is 10.2. The smallest absolute Gasteiger partial charge is 0.123 e. The molecule has 0 radical (unpaired) electrons. The first kappa shape index (κ1) is 8.48. The average molecular weight is 191 g/mol. The molecule has 1 aliphatic carbocycles. The summed E-state index contributed by atoms with van der Waals surface area (Å²) in [5.41, 5.74) is 2.93. The summed E-state index contributed by atoms with van der Waals surface area (Å²) in [7, 11) is 0. The van der Waals surface area contributed by atoms with E-state index in [1.54, 1.807) is 5.69 Å². The summed E-state index contributed by atoms with van der Waals surface area (Å²) in [6.45, 7) is 3.19. The number of hydrogen-bond acceptors (Lipinski definition) is 2. The van der Waals surface area contributed by atoms with Crippen molar-refractivity contribution in [3.63, 3.8) is 0 Å². The van der Waals surface area contributed by atoms with Crippen LogP contribution in [0.1, 0.15) is 36.5 Å². The second kappa shape index (κ2) is 3.39. The molecule has 14 heavy (non-hydrogen) atoms. The van der Waals surface area contributed by atoms with Gasteiger partial charge in [-0.2, -0.15) is 0 Å². The second-order valence-electron chi connectivity index (χ2n) is 4.31. The Kier molecular flexibility index (Phi) is 2.05. The first-order valence-electron chi connectivity index (χ1n) is 5.73. The molecule has 3 heteroatoms. The summed E-state index contributed by atoms with van der Waals surface area (Å²) in [5.74, 6) is 1.27. The first-order valence-corrected chi connectivity index (χ1v) is 5.73. The van der Waals surface area contributed by atoms with Crippen molar-refractivity contribution in [2.24, 2.45) is 0 Å². The Bertz CT molecular complexity index is 341. The third-order valence-corrected chi connectivity index (χ3v) is 3.36. The third-order valence-electron chi connectivity index (χ3n) is 3.36. The van der Waals surface area contributed by atoms with Gasteiger partial charge in [0.05, 0.1) is 12.2 Å². The Morgan fingerprint density at radius 3 is 3.07 bits per heavy atom. The van der Waals surface area contributed by atoms with Crippen molar-refractivity contribution in [3.05, 3.63) is 17.2 Å². The zero-order valence-corrected chi connectivity index (χ0v) is 8.55. The highest BCUT2D eigenvalue weighted by Crippen LogP contribution is 2.22. The van der Waals surface area contributed by atoms with Crippen LogP contribution < -0.4 is 5.32 Å². The summed E-state index contributed by atoms with van der Waals surface area (Å²) in [6, 6.07) is 0. The largest absolute Gasteiger partial charge is 0.329 e. The van der Waals surface area contributed by atoms with Crippen LogP contribution in [0, 0.1) is 0 Å². The molecule has 3 rings (SSSR count). The lowest BCUT2D eigenvalue weighted by Crippen LogP contribution is -2.29. The molecule has 3 nitrogen and oxygen atoms in total. The van der Waals surface area contributed by atoms with E-state index >= 15 is 0 Å². The van der Waals surface area contributed by atoms with Crippen LogP contribution in [-0.4, -0.2) is 16.1 Å². The zero-order chi connectivity index (χ0) is 9.38. The molecule has 1 aliphatic heterocycles. The topological polar surface area (TPSA) is 29.9 Å².